The van der Waals surface area contributed by atoms with Gasteiger partial charge in [-0.2, -0.15) is 5.26 Å². The molecule has 116 valence electrons. The van der Waals surface area contributed by atoms with E-state index in [4.69, 9.17) is 0 Å². The highest BCUT2D eigenvalue weighted by Gasteiger charge is 2.22. The normalized spacial score (nSPS) is 14.1. The fourth-order valence-corrected chi connectivity index (χ4v) is 3.63. The molecule has 0 radical (unpaired) electrons. The number of nitrogens with zero attached hydrogens (tertiary/aromatic N) is 2. The van der Waals surface area contributed by atoms with Crippen molar-refractivity contribution in [1.29, 1.82) is 5.26 Å². The van der Waals surface area contributed by atoms with Crippen molar-refractivity contribution in [2.45, 2.75) is 29.2 Å². The maximum Gasteiger partial charge on any atom is 0.227 e. The molecule has 5 heteroatoms. The third-order valence-electron chi connectivity index (χ3n) is 3.83. The summed E-state index contributed by atoms with van der Waals surface area (Å²) in [6.07, 6.45) is 1.43. The van der Waals surface area contributed by atoms with Gasteiger partial charge in [0.25, 0.3) is 0 Å². The van der Waals surface area contributed by atoms with E-state index >= 15 is 0 Å². The van der Waals surface area contributed by atoms with Crippen molar-refractivity contribution in [2.24, 2.45) is 0 Å². The van der Waals surface area contributed by atoms with Gasteiger partial charge in [0.15, 0.2) is 0 Å². The number of nitriles is 1. The van der Waals surface area contributed by atoms with E-state index in [1.165, 1.54) is 11.8 Å². The van der Waals surface area contributed by atoms with E-state index in [0.29, 0.717) is 18.5 Å². The third kappa shape index (κ3) is 3.24. The SMILES string of the molecule is N#Cc1cc(N2CCCC2=O)ccc1Sc1ccccc1CO. The minimum atomic E-state index is -0.0363. The molecule has 0 spiro atoms. The molecule has 1 N–H and O–H groups in total. The Kier molecular flexibility index (Phi) is 4.65. The van der Waals surface area contributed by atoms with Crippen LogP contribution in [0.2, 0.25) is 0 Å². The van der Waals surface area contributed by atoms with Crippen LogP contribution in [0.4, 0.5) is 5.69 Å². The molecule has 0 atom stereocenters. The molecule has 3 rings (SSSR count). The van der Waals surface area contributed by atoms with Crippen LogP contribution < -0.4 is 4.90 Å². The molecule has 1 amide bonds. The molecule has 1 aliphatic heterocycles. The Balaban J connectivity index is 1.91. The number of amides is 1. The quantitative estimate of drug-likeness (QED) is 0.937. The molecule has 0 bridgehead atoms. The van der Waals surface area contributed by atoms with E-state index in [1.54, 1.807) is 11.0 Å². The number of benzene rings is 2. The zero-order chi connectivity index (χ0) is 16.2. The van der Waals surface area contributed by atoms with E-state index in [1.807, 2.05) is 36.4 Å². The first-order valence-electron chi connectivity index (χ1n) is 7.44. The predicted molar refractivity (Wildman–Crippen MR) is 89.2 cm³/mol. The number of rotatable bonds is 4. The Morgan fingerprint density at radius 3 is 2.74 bits per heavy atom. The summed E-state index contributed by atoms with van der Waals surface area (Å²) in [7, 11) is 0. The fraction of sp³-hybridized carbons (Fsp3) is 0.222. The van der Waals surface area contributed by atoms with Gasteiger partial charge in [-0.3, -0.25) is 4.79 Å². The molecule has 2 aromatic carbocycles. The number of carbonyl (C=O) groups is 1. The lowest BCUT2D eigenvalue weighted by Gasteiger charge is -2.17. The topological polar surface area (TPSA) is 64.3 Å². The van der Waals surface area contributed by atoms with Crippen molar-refractivity contribution >= 4 is 23.4 Å². The zero-order valence-electron chi connectivity index (χ0n) is 12.5. The van der Waals surface area contributed by atoms with E-state index in [0.717, 1.165) is 27.5 Å². The Morgan fingerprint density at radius 1 is 1.22 bits per heavy atom. The van der Waals surface area contributed by atoms with Crippen LogP contribution in [-0.4, -0.2) is 17.6 Å². The molecule has 1 aliphatic rings. The molecule has 0 unspecified atom stereocenters. The van der Waals surface area contributed by atoms with Crippen LogP contribution in [-0.2, 0) is 11.4 Å². The molecule has 2 aromatic rings. The second kappa shape index (κ2) is 6.86. The first kappa shape index (κ1) is 15.6. The van der Waals surface area contributed by atoms with Gasteiger partial charge in [-0.25, -0.2) is 0 Å². The fourth-order valence-electron chi connectivity index (χ4n) is 2.64. The van der Waals surface area contributed by atoms with Gasteiger partial charge in [-0.15, -0.1) is 0 Å². The molecule has 0 aliphatic carbocycles. The van der Waals surface area contributed by atoms with Crippen molar-refractivity contribution in [3.63, 3.8) is 0 Å². The van der Waals surface area contributed by atoms with Crippen LogP contribution >= 0.6 is 11.8 Å². The van der Waals surface area contributed by atoms with E-state index in [-0.39, 0.29) is 12.5 Å². The number of aliphatic hydroxyl groups is 1. The highest BCUT2D eigenvalue weighted by molar-refractivity contribution is 7.99. The van der Waals surface area contributed by atoms with E-state index in [2.05, 4.69) is 6.07 Å². The summed E-state index contributed by atoms with van der Waals surface area (Å²) >= 11 is 1.46. The number of hydrogen-bond acceptors (Lipinski definition) is 4. The lowest BCUT2D eigenvalue weighted by molar-refractivity contribution is -0.117. The lowest BCUT2D eigenvalue weighted by Crippen LogP contribution is -2.23. The monoisotopic (exact) mass is 324 g/mol. The molecular formula is C18H16N2O2S. The summed E-state index contributed by atoms with van der Waals surface area (Å²) in [6, 6.07) is 15.3. The number of aliphatic hydroxyl groups excluding tert-OH is 1. The van der Waals surface area contributed by atoms with E-state index in [9.17, 15) is 15.2 Å². The second-order valence-corrected chi connectivity index (χ2v) is 6.39. The Hall–Kier alpha value is -2.29. The van der Waals surface area contributed by atoms with Gasteiger partial charge in [0, 0.05) is 28.4 Å². The predicted octanol–water partition coefficient (Wildman–Crippen LogP) is 3.33. The van der Waals surface area contributed by atoms with Crippen molar-refractivity contribution in [2.75, 3.05) is 11.4 Å². The van der Waals surface area contributed by atoms with Crippen molar-refractivity contribution in [1.82, 2.24) is 0 Å². The van der Waals surface area contributed by atoms with Gasteiger partial charge in [-0.1, -0.05) is 30.0 Å². The number of anilines is 1. The second-order valence-electron chi connectivity index (χ2n) is 5.31. The summed E-state index contributed by atoms with van der Waals surface area (Å²) in [5.74, 6) is 0.111. The summed E-state index contributed by atoms with van der Waals surface area (Å²) in [5, 5.41) is 18.9. The van der Waals surface area contributed by atoms with Crippen molar-refractivity contribution in [3.05, 3.63) is 53.6 Å². The van der Waals surface area contributed by atoms with Crippen LogP contribution in [0.1, 0.15) is 24.0 Å². The van der Waals surface area contributed by atoms with Gasteiger partial charge in [0.2, 0.25) is 5.91 Å². The number of carbonyl (C=O) groups excluding carboxylic acids is 1. The maximum atomic E-state index is 11.8. The minimum absolute atomic E-state index is 0.0363. The standard InChI is InChI=1S/C18H16N2O2S/c19-11-14-10-15(20-9-3-6-18(20)22)7-8-17(14)23-16-5-2-1-4-13(16)12-21/h1-2,4-5,7-8,10,21H,3,6,9,12H2. The van der Waals surface area contributed by atoms with E-state index < -0.39 is 0 Å². The van der Waals surface area contributed by atoms with Gasteiger partial charge < -0.3 is 10.0 Å². The average Bonchev–Trinajstić information content (AvgIpc) is 3.02. The van der Waals surface area contributed by atoms with Gasteiger partial charge >= 0.3 is 0 Å². The molecule has 0 saturated carbocycles. The van der Waals surface area contributed by atoms with Gasteiger partial charge in [0.05, 0.1) is 12.2 Å². The van der Waals surface area contributed by atoms with Crippen LogP contribution in [0.25, 0.3) is 0 Å². The molecule has 1 saturated heterocycles. The summed E-state index contributed by atoms with van der Waals surface area (Å²) in [4.78, 5) is 15.3. The van der Waals surface area contributed by atoms with Crippen LogP contribution in [0.15, 0.2) is 52.3 Å². The van der Waals surface area contributed by atoms with Crippen LogP contribution in [0.5, 0.6) is 0 Å². The highest BCUT2D eigenvalue weighted by atomic mass is 32.2. The van der Waals surface area contributed by atoms with Crippen molar-refractivity contribution < 1.29 is 9.90 Å². The van der Waals surface area contributed by atoms with Crippen molar-refractivity contribution in [3.8, 4) is 6.07 Å². The molecule has 23 heavy (non-hydrogen) atoms. The van der Waals surface area contributed by atoms with Crippen LogP contribution in [0.3, 0.4) is 0 Å². The lowest BCUT2D eigenvalue weighted by atomic mass is 10.2. The summed E-state index contributed by atoms with van der Waals surface area (Å²) in [6.45, 7) is 0.676. The third-order valence-corrected chi connectivity index (χ3v) is 5.03. The van der Waals surface area contributed by atoms with Gasteiger partial charge in [-0.05, 0) is 36.2 Å². The smallest absolute Gasteiger partial charge is 0.227 e. The Morgan fingerprint density at radius 2 is 2.04 bits per heavy atom. The zero-order valence-corrected chi connectivity index (χ0v) is 13.3. The molecular weight excluding hydrogens is 308 g/mol. The Labute approximate surface area is 139 Å². The number of hydrogen-bond donors (Lipinski definition) is 1. The molecule has 1 heterocycles. The van der Waals surface area contributed by atoms with Gasteiger partial charge in [0.1, 0.15) is 6.07 Å². The highest BCUT2D eigenvalue weighted by Crippen LogP contribution is 2.35. The molecule has 4 nitrogen and oxygen atoms in total. The average molecular weight is 324 g/mol. The summed E-state index contributed by atoms with van der Waals surface area (Å²) < 4.78 is 0. The Bertz CT molecular complexity index is 783. The first-order chi connectivity index (χ1) is 11.2. The maximum absolute atomic E-state index is 11.8. The van der Waals surface area contributed by atoms with Crippen LogP contribution in [0, 0.1) is 11.3 Å². The minimum Gasteiger partial charge on any atom is -0.392 e. The largest absolute Gasteiger partial charge is 0.392 e. The molecule has 0 aromatic heterocycles. The first-order valence-corrected chi connectivity index (χ1v) is 8.25. The molecule has 1 fully saturated rings. The summed E-state index contributed by atoms with van der Waals surface area (Å²) in [5.41, 5.74) is 2.16.